The summed E-state index contributed by atoms with van der Waals surface area (Å²) >= 11 is 0. The Labute approximate surface area is 110 Å². The Hall–Kier alpha value is -2.49. The van der Waals surface area contributed by atoms with E-state index in [1.165, 1.54) is 5.56 Å². The summed E-state index contributed by atoms with van der Waals surface area (Å²) in [7, 11) is 0. The molecular formula is C15H15N3O. The van der Waals surface area contributed by atoms with Gasteiger partial charge in [-0.15, -0.1) is 0 Å². The predicted molar refractivity (Wildman–Crippen MR) is 77.4 cm³/mol. The number of anilines is 1. The average Bonchev–Trinajstić information content (AvgIpc) is 2.79. The molecule has 0 aliphatic heterocycles. The Kier molecular flexibility index (Phi) is 2.83. The Balaban J connectivity index is 1.87. The average molecular weight is 253 g/mol. The number of hydrogen-bond acceptors (Lipinski definition) is 2. The molecule has 0 spiro atoms. The standard InChI is InChI=1S/C15H15N3O/c1-10(11-5-3-2-4-6-11)16-12-7-8-13-14(9-12)18-15(19)17-13/h2-10,16H,1H3,(H2,17,18,19)/t10-/m1/s1. The van der Waals surface area contributed by atoms with E-state index in [-0.39, 0.29) is 11.7 Å². The first-order chi connectivity index (χ1) is 9.22. The van der Waals surface area contributed by atoms with Gasteiger partial charge < -0.3 is 15.3 Å². The molecule has 0 saturated carbocycles. The zero-order chi connectivity index (χ0) is 13.2. The van der Waals surface area contributed by atoms with Gasteiger partial charge in [0.2, 0.25) is 0 Å². The topological polar surface area (TPSA) is 60.7 Å². The van der Waals surface area contributed by atoms with Crippen LogP contribution in [0.25, 0.3) is 11.0 Å². The van der Waals surface area contributed by atoms with E-state index < -0.39 is 0 Å². The van der Waals surface area contributed by atoms with Crippen LogP contribution >= 0.6 is 0 Å². The second kappa shape index (κ2) is 4.65. The minimum atomic E-state index is -0.178. The lowest BCUT2D eigenvalue weighted by Crippen LogP contribution is -2.06. The van der Waals surface area contributed by atoms with Gasteiger partial charge in [-0.25, -0.2) is 4.79 Å². The largest absolute Gasteiger partial charge is 0.378 e. The fraction of sp³-hybridized carbons (Fsp3) is 0.133. The molecule has 3 N–H and O–H groups in total. The zero-order valence-electron chi connectivity index (χ0n) is 10.6. The van der Waals surface area contributed by atoms with E-state index in [1.807, 2.05) is 36.4 Å². The van der Waals surface area contributed by atoms with Gasteiger partial charge in [-0.3, -0.25) is 0 Å². The summed E-state index contributed by atoms with van der Waals surface area (Å²) < 4.78 is 0. The van der Waals surface area contributed by atoms with Crippen molar-refractivity contribution in [1.82, 2.24) is 9.97 Å². The first-order valence-electron chi connectivity index (χ1n) is 6.26. The van der Waals surface area contributed by atoms with Crippen LogP contribution in [0.1, 0.15) is 18.5 Å². The van der Waals surface area contributed by atoms with Gasteiger partial charge in [-0.05, 0) is 30.7 Å². The molecule has 2 aromatic carbocycles. The van der Waals surface area contributed by atoms with Crippen LogP contribution in [0.4, 0.5) is 5.69 Å². The van der Waals surface area contributed by atoms with Gasteiger partial charge in [0.05, 0.1) is 11.0 Å². The number of rotatable bonds is 3. The first-order valence-corrected chi connectivity index (χ1v) is 6.26. The summed E-state index contributed by atoms with van der Waals surface area (Å²) in [6, 6.07) is 16.3. The van der Waals surface area contributed by atoms with E-state index in [9.17, 15) is 4.79 Å². The van der Waals surface area contributed by atoms with Crippen molar-refractivity contribution in [2.75, 3.05) is 5.32 Å². The molecule has 0 aliphatic carbocycles. The van der Waals surface area contributed by atoms with Gasteiger partial charge in [0.25, 0.3) is 0 Å². The minimum Gasteiger partial charge on any atom is -0.378 e. The Morgan fingerprint density at radius 3 is 2.53 bits per heavy atom. The highest BCUT2D eigenvalue weighted by atomic mass is 16.1. The van der Waals surface area contributed by atoms with Crippen LogP contribution in [0.2, 0.25) is 0 Å². The van der Waals surface area contributed by atoms with Crippen LogP contribution in [-0.2, 0) is 0 Å². The fourth-order valence-corrected chi connectivity index (χ4v) is 2.20. The van der Waals surface area contributed by atoms with Crippen molar-refractivity contribution in [2.45, 2.75) is 13.0 Å². The molecule has 1 heterocycles. The van der Waals surface area contributed by atoms with Crippen molar-refractivity contribution in [3.63, 3.8) is 0 Å². The maximum Gasteiger partial charge on any atom is 0.323 e. The summed E-state index contributed by atoms with van der Waals surface area (Å²) in [4.78, 5) is 16.7. The van der Waals surface area contributed by atoms with Crippen molar-refractivity contribution < 1.29 is 0 Å². The molecule has 0 bridgehead atoms. The molecule has 4 nitrogen and oxygen atoms in total. The molecule has 1 aromatic heterocycles. The van der Waals surface area contributed by atoms with Crippen molar-refractivity contribution >= 4 is 16.7 Å². The van der Waals surface area contributed by atoms with E-state index >= 15 is 0 Å². The number of H-pyrrole nitrogens is 2. The van der Waals surface area contributed by atoms with Crippen LogP contribution < -0.4 is 11.0 Å². The monoisotopic (exact) mass is 253 g/mol. The van der Waals surface area contributed by atoms with Gasteiger partial charge in [0, 0.05) is 11.7 Å². The number of aromatic nitrogens is 2. The van der Waals surface area contributed by atoms with Crippen molar-refractivity contribution in [3.8, 4) is 0 Å². The third kappa shape index (κ3) is 2.38. The second-order valence-corrected chi connectivity index (χ2v) is 4.62. The van der Waals surface area contributed by atoms with Gasteiger partial charge in [0.15, 0.2) is 0 Å². The van der Waals surface area contributed by atoms with Crippen molar-refractivity contribution in [3.05, 3.63) is 64.6 Å². The Bertz CT molecular complexity index is 743. The molecule has 96 valence electrons. The number of aromatic amines is 2. The normalized spacial score (nSPS) is 12.5. The molecule has 1 atom stereocenters. The smallest absolute Gasteiger partial charge is 0.323 e. The number of hydrogen-bond donors (Lipinski definition) is 3. The third-order valence-electron chi connectivity index (χ3n) is 3.20. The van der Waals surface area contributed by atoms with Crippen LogP contribution in [0.5, 0.6) is 0 Å². The highest BCUT2D eigenvalue weighted by molar-refractivity contribution is 5.78. The second-order valence-electron chi connectivity index (χ2n) is 4.62. The quantitative estimate of drug-likeness (QED) is 0.672. The molecule has 3 aromatic rings. The molecule has 19 heavy (non-hydrogen) atoms. The minimum absolute atomic E-state index is 0.178. The molecule has 0 fully saturated rings. The maximum atomic E-state index is 11.2. The summed E-state index contributed by atoms with van der Waals surface area (Å²) in [5.74, 6) is 0. The third-order valence-corrected chi connectivity index (χ3v) is 3.20. The first kappa shape index (κ1) is 11.6. The molecular weight excluding hydrogens is 238 g/mol. The van der Waals surface area contributed by atoms with Crippen molar-refractivity contribution in [1.29, 1.82) is 0 Å². The maximum absolute atomic E-state index is 11.2. The fourth-order valence-electron chi connectivity index (χ4n) is 2.20. The highest BCUT2D eigenvalue weighted by Gasteiger charge is 2.05. The summed E-state index contributed by atoms with van der Waals surface area (Å²) in [6.07, 6.45) is 0. The van der Waals surface area contributed by atoms with E-state index in [1.54, 1.807) is 0 Å². The summed E-state index contributed by atoms with van der Waals surface area (Å²) in [5.41, 5.74) is 3.67. The molecule has 4 heteroatoms. The van der Waals surface area contributed by atoms with Gasteiger partial charge in [-0.1, -0.05) is 30.3 Å². The van der Waals surface area contributed by atoms with Crippen LogP contribution in [0.3, 0.4) is 0 Å². The molecule has 0 radical (unpaired) electrons. The predicted octanol–water partition coefficient (Wildman–Crippen LogP) is 3.03. The molecule has 3 rings (SSSR count). The number of nitrogens with one attached hydrogen (secondary N) is 3. The highest BCUT2D eigenvalue weighted by Crippen LogP contribution is 2.21. The Morgan fingerprint density at radius 1 is 1.00 bits per heavy atom. The number of fused-ring (bicyclic) bond motifs is 1. The van der Waals surface area contributed by atoms with Gasteiger partial charge in [-0.2, -0.15) is 0 Å². The Morgan fingerprint density at radius 2 is 1.74 bits per heavy atom. The number of benzene rings is 2. The number of imidazole rings is 1. The molecule has 0 amide bonds. The SMILES string of the molecule is C[C@@H](Nc1ccc2[nH]c(=O)[nH]c2c1)c1ccccc1. The summed E-state index contributed by atoms with van der Waals surface area (Å²) in [5, 5.41) is 3.42. The van der Waals surface area contributed by atoms with E-state index in [0.717, 1.165) is 16.7 Å². The molecule has 0 unspecified atom stereocenters. The molecule has 0 aliphatic rings. The lowest BCUT2D eigenvalue weighted by Gasteiger charge is -2.15. The lowest BCUT2D eigenvalue weighted by atomic mass is 10.1. The van der Waals surface area contributed by atoms with Gasteiger partial charge in [0.1, 0.15) is 0 Å². The van der Waals surface area contributed by atoms with E-state index in [4.69, 9.17) is 0 Å². The van der Waals surface area contributed by atoms with Crippen LogP contribution in [0, 0.1) is 0 Å². The zero-order valence-corrected chi connectivity index (χ0v) is 10.6. The lowest BCUT2D eigenvalue weighted by molar-refractivity contribution is 0.885. The molecule has 0 saturated heterocycles. The van der Waals surface area contributed by atoms with E-state index in [0.29, 0.717) is 0 Å². The van der Waals surface area contributed by atoms with Crippen molar-refractivity contribution in [2.24, 2.45) is 0 Å². The van der Waals surface area contributed by atoms with Gasteiger partial charge >= 0.3 is 5.69 Å². The van der Waals surface area contributed by atoms with Crippen LogP contribution in [-0.4, -0.2) is 9.97 Å². The summed E-state index contributed by atoms with van der Waals surface area (Å²) in [6.45, 7) is 2.11. The van der Waals surface area contributed by atoms with E-state index in [2.05, 4.69) is 34.3 Å². The van der Waals surface area contributed by atoms with Crippen LogP contribution in [0.15, 0.2) is 53.3 Å².